The third kappa shape index (κ3) is 3.17. The highest BCUT2D eigenvalue weighted by Gasteiger charge is 2.24. The number of aldehydes is 1. The minimum Gasteiger partial charge on any atom is -0.372 e. The summed E-state index contributed by atoms with van der Waals surface area (Å²) in [6.07, 6.45) is 5.17. The molecule has 1 aromatic heterocycles. The van der Waals surface area contributed by atoms with Crippen LogP contribution in [0.4, 0.5) is 0 Å². The number of carbonyl (C=O) groups is 1. The summed E-state index contributed by atoms with van der Waals surface area (Å²) in [5.41, 5.74) is 1.10. The molecule has 1 aromatic rings. The van der Waals surface area contributed by atoms with Gasteiger partial charge in [-0.1, -0.05) is 0 Å². The lowest BCUT2D eigenvalue weighted by molar-refractivity contribution is 0.103. The zero-order chi connectivity index (χ0) is 13.2. The third-order valence-corrected chi connectivity index (χ3v) is 3.80. The topological polar surface area (TPSA) is 78.3 Å². The highest BCUT2D eigenvalue weighted by atomic mass is 32.2. The largest absolute Gasteiger partial charge is 0.372 e. The van der Waals surface area contributed by atoms with Crippen LogP contribution in [0, 0.1) is 0 Å². The Morgan fingerprint density at radius 2 is 2.39 bits per heavy atom. The molecule has 1 aliphatic heterocycles. The van der Waals surface area contributed by atoms with E-state index in [1.54, 1.807) is 6.20 Å². The predicted molar refractivity (Wildman–Crippen MR) is 65.3 cm³/mol. The molecule has 0 aliphatic carbocycles. The van der Waals surface area contributed by atoms with Crippen molar-refractivity contribution in [3.63, 3.8) is 0 Å². The second-order valence-electron chi connectivity index (χ2n) is 4.48. The van der Waals surface area contributed by atoms with Crippen LogP contribution in [0.25, 0.3) is 0 Å². The number of aryl methyl sites for hydroxylation is 1. The molecule has 2 rings (SSSR count). The van der Waals surface area contributed by atoms with Gasteiger partial charge in [-0.15, -0.1) is 0 Å². The lowest BCUT2D eigenvalue weighted by Crippen LogP contribution is -2.12. The van der Waals surface area contributed by atoms with Gasteiger partial charge < -0.3 is 4.74 Å². The van der Waals surface area contributed by atoms with Gasteiger partial charge >= 0.3 is 0 Å². The molecule has 7 heteroatoms. The van der Waals surface area contributed by atoms with Crippen molar-refractivity contribution in [2.75, 3.05) is 18.6 Å². The fraction of sp³-hybridized carbons (Fsp3) is 0.636. The van der Waals surface area contributed by atoms with Crippen LogP contribution in [-0.4, -0.2) is 43.1 Å². The first kappa shape index (κ1) is 13.2. The average Bonchev–Trinajstić information content (AvgIpc) is 2.94. The molecule has 0 aromatic carbocycles. The van der Waals surface area contributed by atoms with Crippen molar-refractivity contribution in [2.45, 2.75) is 25.5 Å². The van der Waals surface area contributed by atoms with E-state index < -0.39 is 9.84 Å². The number of nitrogens with zero attached hydrogens (tertiary/aromatic N) is 2. The van der Waals surface area contributed by atoms with E-state index >= 15 is 0 Å². The third-order valence-electron chi connectivity index (χ3n) is 2.87. The zero-order valence-corrected chi connectivity index (χ0v) is 11.0. The van der Waals surface area contributed by atoms with E-state index in [1.165, 1.54) is 10.9 Å². The van der Waals surface area contributed by atoms with Crippen LogP contribution in [-0.2, 0) is 21.1 Å². The van der Waals surface area contributed by atoms with Crippen molar-refractivity contribution >= 4 is 16.1 Å². The molecule has 18 heavy (non-hydrogen) atoms. The Morgan fingerprint density at radius 1 is 1.61 bits per heavy atom. The maximum Gasteiger partial charge on any atom is 0.153 e. The molecule has 0 bridgehead atoms. The highest BCUT2D eigenvalue weighted by Crippen LogP contribution is 2.28. The van der Waals surface area contributed by atoms with Gasteiger partial charge in [-0.3, -0.25) is 9.48 Å². The van der Waals surface area contributed by atoms with Crippen molar-refractivity contribution in [3.8, 4) is 0 Å². The summed E-state index contributed by atoms with van der Waals surface area (Å²) >= 11 is 0. The molecule has 1 aliphatic rings. The van der Waals surface area contributed by atoms with E-state index in [9.17, 15) is 13.2 Å². The Bertz CT molecular complexity index is 529. The summed E-state index contributed by atoms with van der Waals surface area (Å²) in [6, 6.07) is 0. The van der Waals surface area contributed by atoms with Crippen LogP contribution in [0.5, 0.6) is 0 Å². The Kier molecular flexibility index (Phi) is 3.82. The van der Waals surface area contributed by atoms with Gasteiger partial charge in [-0.05, 0) is 12.8 Å². The van der Waals surface area contributed by atoms with E-state index in [1.807, 2.05) is 0 Å². The minimum atomic E-state index is -3.03. The maximum absolute atomic E-state index is 11.1. The molecule has 0 radical (unpaired) electrons. The molecule has 6 nitrogen and oxygen atoms in total. The lowest BCUT2D eigenvalue weighted by atomic mass is 10.1. The first-order valence-corrected chi connectivity index (χ1v) is 7.87. The smallest absolute Gasteiger partial charge is 0.153 e. The quantitative estimate of drug-likeness (QED) is 0.733. The standard InChI is InChI=1S/C11H16N2O4S/c1-18(15,16)6-4-13-7-9(8-14)11(12-13)10-3-2-5-17-10/h7-8,10H,2-6H2,1H3. The van der Waals surface area contributed by atoms with Crippen LogP contribution < -0.4 is 0 Å². The summed E-state index contributed by atoms with van der Waals surface area (Å²) in [7, 11) is -3.03. The number of rotatable bonds is 5. The Balaban J connectivity index is 2.15. The first-order valence-electron chi connectivity index (χ1n) is 5.81. The molecule has 0 N–H and O–H groups in total. The van der Waals surface area contributed by atoms with Crippen molar-refractivity contribution in [1.29, 1.82) is 0 Å². The fourth-order valence-corrected chi connectivity index (χ4v) is 2.48. The summed E-state index contributed by atoms with van der Waals surface area (Å²) in [5.74, 6) is 0.0118. The van der Waals surface area contributed by atoms with Crippen LogP contribution in [0.1, 0.15) is 35.0 Å². The molecule has 1 saturated heterocycles. The number of ether oxygens (including phenoxy) is 1. The van der Waals surface area contributed by atoms with Gasteiger partial charge in [-0.2, -0.15) is 5.10 Å². The van der Waals surface area contributed by atoms with E-state index in [-0.39, 0.29) is 18.4 Å². The second-order valence-corrected chi connectivity index (χ2v) is 6.74. The van der Waals surface area contributed by atoms with Crippen molar-refractivity contribution in [1.82, 2.24) is 9.78 Å². The van der Waals surface area contributed by atoms with Gasteiger partial charge in [-0.25, -0.2) is 8.42 Å². The van der Waals surface area contributed by atoms with Crippen LogP contribution in [0.15, 0.2) is 6.20 Å². The summed E-state index contributed by atoms with van der Waals surface area (Å²) in [4.78, 5) is 11.0. The molecule has 100 valence electrons. The first-order chi connectivity index (χ1) is 8.49. The fourth-order valence-electron chi connectivity index (χ4n) is 1.96. The SMILES string of the molecule is CS(=O)(=O)CCn1cc(C=O)c(C2CCCO2)n1. The molecule has 1 atom stereocenters. The Hall–Kier alpha value is -1.21. The number of hydrogen-bond acceptors (Lipinski definition) is 5. The Labute approximate surface area is 106 Å². The van der Waals surface area contributed by atoms with E-state index in [2.05, 4.69) is 5.10 Å². The number of carbonyl (C=O) groups excluding carboxylic acids is 1. The molecule has 0 saturated carbocycles. The van der Waals surface area contributed by atoms with Crippen LogP contribution in [0.3, 0.4) is 0 Å². The second kappa shape index (κ2) is 5.19. The van der Waals surface area contributed by atoms with E-state index in [0.717, 1.165) is 19.1 Å². The molecule has 2 heterocycles. The molecule has 0 spiro atoms. The average molecular weight is 272 g/mol. The van der Waals surface area contributed by atoms with E-state index in [4.69, 9.17) is 4.74 Å². The summed E-state index contributed by atoms with van der Waals surface area (Å²) in [6.45, 7) is 0.936. The number of hydrogen-bond donors (Lipinski definition) is 0. The van der Waals surface area contributed by atoms with Gasteiger partial charge in [0, 0.05) is 19.1 Å². The van der Waals surface area contributed by atoms with Gasteiger partial charge in [0.1, 0.15) is 21.6 Å². The van der Waals surface area contributed by atoms with Gasteiger partial charge in [0.2, 0.25) is 0 Å². The van der Waals surface area contributed by atoms with Crippen LogP contribution >= 0.6 is 0 Å². The normalized spacial score (nSPS) is 20.2. The van der Waals surface area contributed by atoms with Gasteiger partial charge in [0.05, 0.1) is 17.9 Å². The molecule has 0 amide bonds. The number of aromatic nitrogens is 2. The minimum absolute atomic E-state index is 0.0118. The van der Waals surface area contributed by atoms with Gasteiger partial charge in [0.15, 0.2) is 6.29 Å². The maximum atomic E-state index is 11.1. The molecular weight excluding hydrogens is 256 g/mol. The predicted octanol–water partition coefficient (Wildman–Crippen LogP) is 0.592. The Morgan fingerprint density at radius 3 is 2.94 bits per heavy atom. The van der Waals surface area contributed by atoms with Gasteiger partial charge in [0.25, 0.3) is 0 Å². The van der Waals surface area contributed by atoms with Crippen molar-refractivity contribution in [3.05, 3.63) is 17.5 Å². The number of sulfone groups is 1. The van der Waals surface area contributed by atoms with Crippen LogP contribution in [0.2, 0.25) is 0 Å². The van der Waals surface area contributed by atoms with Crippen molar-refractivity contribution < 1.29 is 17.9 Å². The lowest BCUT2D eigenvalue weighted by Gasteiger charge is -2.06. The van der Waals surface area contributed by atoms with Crippen molar-refractivity contribution in [2.24, 2.45) is 0 Å². The molecule has 1 unspecified atom stereocenters. The highest BCUT2D eigenvalue weighted by molar-refractivity contribution is 7.90. The summed E-state index contributed by atoms with van der Waals surface area (Å²) in [5, 5.41) is 4.26. The molecular formula is C11H16N2O4S. The summed E-state index contributed by atoms with van der Waals surface area (Å²) < 4.78 is 29.2. The van der Waals surface area contributed by atoms with E-state index in [0.29, 0.717) is 17.9 Å². The monoisotopic (exact) mass is 272 g/mol. The molecule has 1 fully saturated rings. The zero-order valence-electron chi connectivity index (χ0n) is 10.2.